The fourth-order valence-corrected chi connectivity index (χ4v) is 3.43. The van der Waals surface area contributed by atoms with Crippen molar-refractivity contribution in [3.05, 3.63) is 29.3 Å². The summed E-state index contributed by atoms with van der Waals surface area (Å²) < 4.78 is 27.4. The average Bonchev–Trinajstić information content (AvgIpc) is 2.22. The third kappa shape index (κ3) is 3.46. The van der Waals surface area contributed by atoms with Gasteiger partial charge < -0.3 is 5.32 Å². The molecule has 3 heteroatoms. The van der Waals surface area contributed by atoms with E-state index in [-0.39, 0.29) is 28.8 Å². The maximum absolute atomic E-state index is 13.8. The number of hydrogen-bond acceptors (Lipinski definition) is 1. The molecule has 1 saturated carbocycles. The summed E-state index contributed by atoms with van der Waals surface area (Å²) in [5, 5.41) is 3.19. The lowest BCUT2D eigenvalue weighted by molar-refractivity contribution is 0.177. The van der Waals surface area contributed by atoms with Crippen LogP contribution in [0.1, 0.15) is 45.6 Å². The van der Waals surface area contributed by atoms with Gasteiger partial charge in [0.25, 0.3) is 0 Å². The van der Waals surface area contributed by atoms with Gasteiger partial charge in [0.2, 0.25) is 0 Å². The van der Waals surface area contributed by atoms with E-state index in [1.165, 1.54) is 18.6 Å². The lowest BCUT2D eigenvalue weighted by atomic mass is 9.70. The van der Waals surface area contributed by atoms with E-state index in [2.05, 4.69) is 26.1 Å². The van der Waals surface area contributed by atoms with Gasteiger partial charge in [0.15, 0.2) is 0 Å². The molecule has 0 aromatic heterocycles. The SMILES string of the molecule is Cc1cc(F)c(NC2CC(C)CC(C)(C)C2)cc1F. The smallest absolute Gasteiger partial charge is 0.146 e. The predicted octanol–water partition coefficient (Wildman–Crippen LogP) is 4.90. The Morgan fingerprint density at radius 3 is 2.47 bits per heavy atom. The number of hydrogen-bond donors (Lipinski definition) is 1. The van der Waals surface area contributed by atoms with Crippen LogP contribution in [0.3, 0.4) is 0 Å². The highest BCUT2D eigenvalue weighted by atomic mass is 19.1. The molecule has 0 saturated heterocycles. The van der Waals surface area contributed by atoms with Gasteiger partial charge >= 0.3 is 0 Å². The maximum atomic E-state index is 13.8. The van der Waals surface area contributed by atoms with Crippen LogP contribution in [0.2, 0.25) is 0 Å². The summed E-state index contributed by atoms with van der Waals surface area (Å²) >= 11 is 0. The Labute approximate surface area is 114 Å². The molecule has 1 aliphatic rings. The van der Waals surface area contributed by atoms with Crippen molar-refractivity contribution < 1.29 is 8.78 Å². The summed E-state index contributed by atoms with van der Waals surface area (Å²) in [5.74, 6) is -0.110. The lowest BCUT2D eigenvalue weighted by Crippen LogP contribution is -2.35. The van der Waals surface area contributed by atoms with Crippen LogP contribution < -0.4 is 5.32 Å². The second kappa shape index (κ2) is 5.10. The topological polar surface area (TPSA) is 12.0 Å². The molecule has 1 fully saturated rings. The number of nitrogens with one attached hydrogen (secondary N) is 1. The number of aryl methyl sites for hydroxylation is 1. The average molecular weight is 267 g/mol. The predicted molar refractivity (Wildman–Crippen MR) is 75.3 cm³/mol. The van der Waals surface area contributed by atoms with E-state index in [0.717, 1.165) is 12.8 Å². The van der Waals surface area contributed by atoms with Gasteiger partial charge in [-0.05, 0) is 49.1 Å². The number of halogens is 2. The molecule has 19 heavy (non-hydrogen) atoms. The molecule has 106 valence electrons. The summed E-state index contributed by atoms with van der Waals surface area (Å²) in [6.45, 7) is 8.28. The van der Waals surface area contributed by atoms with Crippen molar-refractivity contribution in [1.82, 2.24) is 0 Å². The summed E-state index contributed by atoms with van der Waals surface area (Å²) in [6.07, 6.45) is 3.20. The molecule has 1 nitrogen and oxygen atoms in total. The molecule has 1 N–H and O–H groups in total. The Balaban J connectivity index is 2.15. The molecule has 0 radical (unpaired) electrons. The normalized spacial score (nSPS) is 26.2. The first-order valence-corrected chi connectivity index (χ1v) is 6.99. The van der Waals surface area contributed by atoms with Crippen molar-refractivity contribution in [3.8, 4) is 0 Å². The van der Waals surface area contributed by atoms with E-state index in [4.69, 9.17) is 0 Å². The first kappa shape index (κ1) is 14.3. The Bertz CT molecular complexity index is 468. The molecule has 0 spiro atoms. The fourth-order valence-electron chi connectivity index (χ4n) is 3.43. The fraction of sp³-hybridized carbons (Fsp3) is 0.625. The zero-order chi connectivity index (χ0) is 14.2. The highest BCUT2D eigenvalue weighted by Gasteiger charge is 2.32. The third-order valence-electron chi connectivity index (χ3n) is 3.99. The van der Waals surface area contributed by atoms with Crippen molar-refractivity contribution >= 4 is 5.69 Å². The van der Waals surface area contributed by atoms with Crippen LogP contribution in [-0.4, -0.2) is 6.04 Å². The van der Waals surface area contributed by atoms with Crippen molar-refractivity contribution in [2.45, 2.75) is 53.0 Å². The Morgan fingerprint density at radius 2 is 1.84 bits per heavy atom. The third-order valence-corrected chi connectivity index (χ3v) is 3.99. The minimum absolute atomic E-state index is 0.218. The van der Waals surface area contributed by atoms with Crippen LogP contribution in [0.4, 0.5) is 14.5 Å². The Hall–Kier alpha value is -1.12. The lowest BCUT2D eigenvalue weighted by Gasteiger charge is -2.39. The first-order chi connectivity index (χ1) is 8.77. The van der Waals surface area contributed by atoms with Crippen LogP contribution in [0.15, 0.2) is 12.1 Å². The Kier molecular flexibility index (Phi) is 3.84. The van der Waals surface area contributed by atoms with E-state index in [9.17, 15) is 8.78 Å². The largest absolute Gasteiger partial charge is 0.380 e. The summed E-state index contributed by atoms with van der Waals surface area (Å²) in [5.41, 5.74) is 0.896. The van der Waals surface area contributed by atoms with Gasteiger partial charge in [0, 0.05) is 12.1 Å². The molecule has 0 amide bonds. The molecular formula is C16H23F2N. The number of rotatable bonds is 2. The number of benzene rings is 1. The quantitative estimate of drug-likeness (QED) is 0.803. The van der Waals surface area contributed by atoms with Crippen LogP contribution in [0.25, 0.3) is 0 Å². The molecule has 0 heterocycles. The van der Waals surface area contributed by atoms with E-state index in [0.29, 0.717) is 11.5 Å². The van der Waals surface area contributed by atoms with Gasteiger partial charge in [-0.15, -0.1) is 0 Å². The van der Waals surface area contributed by atoms with Gasteiger partial charge in [-0.3, -0.25) is 0 Å². The Morgan fingerprint density at radius 1 is 1.16 bits per heavy atom. The summed E-state index contributed by atoms with van der Waals surface area (Å²) in [4.78, 5) is 0. The van der Waals surface area contributed by atoms with Crippen LogP contribution in [0, 0.1) is 29.9 Å². The van der Waals surface area contributed by atoms with Gasteiger partial charge in [0.1, 0.15) is 11.6 Å². The van der Waals surface area contributed by atoms with Crippen LogP contribution in [0.5, 0.6) is 0 Å². The molecule has 2 unspecified atom stereocenters. The molecule has 2 rings (SSSR count). The summed E-state index contributed by atoms with van der Waals surface area (Å²) in [7, 11) is 0. The second-order valence-electron chi connectivity index (χ2n) is 6.84. The van der Waals surface area contributed by atoms with Crippen molar-refractivity contribution in [1.29, 1.82) is 0 Å². The van der Waals surface area contributed by atoms with Crippen molar-refractivity contribution in [2.24, 2.45) is 11.3 Å². The van der Waals surface area contributed by atoms with Gasteiger partial charge in [-0.2, -0.15) is 0 Å². The summed E-state index contributed by atoms with van der Waals surface area (Å²) in [6, 6.07) is 2.75. The van der Waals surface area contributed by atoms with Gasteiger partial charge in [-0.25, -0.2) is 8.78 Å². The molecular weight excluding hydrogens is 244 g/mol. The second-order valence-corrected chi connectivity index (χ2v) is 6.84. The first-order valence-electron chi connectivity index (χ1n) is 6.99. The van der Waals surface area contributed by atoms with Crippen molar-refractivity contribution in [3.63, 3.8) is 0 Å². The molecule has 0 aliphatic heterocycles. The minimum atomic E-state index is -0.366. The van der Waals surface area contributed by atoms with Gasteiger partial charge in [-0.1, -0.05) is 20.8 Å². The van der Waals surface area contributed by atoms with Crippen molar-refractivity contribution in [2.75, 3.05) is 5.32 Å². The zero-order valence-electron chi connectivity index (χ0n) is 12.2. The molecule has 1 aliphatic carbocycles. The minimum Gasteiger partial charge on any atom is -0.380 e. The van der Waals surface area contributed by atoms with E-state index < -0.39 is 0 Å². The monoisotopic (exact) mass is 267 g/mol. The van der Waals surface area contributed by atoms with E-state index >= 15 is 0 Å². The standard InChI is InChI=1S/C16H23F2N/c1-10-5-12(9-16(3,4)8-10)19-15-7-13(17)11(2)6-14(15)18/h6-7,10,12,19H,5,8-9H2,1-4H3. The highest BCUT2D eigenvalue weighted by molar-refractivity contribution is 5.47. The van der Waals surface area contributed by atoms with Crippen LogP contribution >= 0.6 is 0 Å². The van der Waals surface area contributed by atoms with E-state index in [1.807, 2.05) is 0 Å². The molecule has 1 aromatic rings. The van der Waals surface area contributed by atoms with Gasteiger partial charge in [0.05, 0.1) is 5.69 Å². The molecule has 0 bridgehead atoms. The highest BCUT2D eigenvalue weighted by Crippen LogP contribution is 2.39. The van der Waals surface area contributed by atoms with E-state index in [1.54, 1.807) is 6.92 Å². The molecule has 2 atom stereocenters. The van der Waals surface area contributed by atoms with Crippen LogP contribution in [-0.2, 0) is 0 Å². The maximum Gasteiger partial charge on any atom is 0.146 e. The molecule has 1 aromatic carbocycles. The number of anilines is 1. The zero-order valence-corrected chi connectivity index (χ0v) is 12.2.